The molecule has 2 heterocycles. The second-order valence-corrected chi connectivity index (χ2v) is 8.03. The van der Waals surface area contributed by atoms with E-state index >= 15 is 0 Å². The Balaban J connectivity index is 1.51. The lowest BCUT2D eigenvalue weighted by atomic mass is 9.88. The van der Waals surface area contributed by atoms with Crippen molar-refractivity contribution in [2.75, 3.05) is 13.9 Å². The van der Waals surface area contributed by atoms with Crippen LogP contribution < -0.4 is 18.9 Å². The van der Waals surface area contributed by atoms with Crippen molar-refractivity contribution >= 4 is 11.9 Å². The second kappa shape index (κ2) is 8.87. The molecule has 166 valence electrons. The SMILES string of the molecule is COc1ccc(/C=C/[C@@H]2C/C(=C(\C)C(=O)c3ccccc3)Oc3cc4c(cc32)OCO4)cc1. The smallest absolute Gasteiger partial charge is 0.231 e. The number of Topliss-reactive ketones (excluding diaryl/α,β-unsaturated/α-hetero) is 1. The summed E-state index contributed by atoms with van der Waals surface area (Å²) in [6.45, 7) is 2.02. The lowest BCUT2D eigenvalue weighted by molar-refractivity contribution is 0.102. The topological polar surface area (TPSA) is 54.0 Å². The zero-order valence-electron chi connectivity index (χ0n) is 18.5. The molecule has 2 aliphatic heterocycles. The predicted molar refractivity (Wildman–Crippen MR) is 126 cm³/mol. The first-order chi connectivity index (χ1) is 16.1. The van der Waals surface area contributed by atoms with Crippen LogP contribution in [0.3, 0.4) is 0 Å². The molecule has 33 heavy (non-hydrogen) atoms. The van der Waals surface area contributed by atoms with Gasteiger partial charge in [-0.1, -0.05) is 54.6 Å². The molecule has 0 fully saturated rings. The number of hydrogen-bond donors (Lipinski definition) is 0. The fraction of sp³-hybridized carbons (Fsp3) is 0.179. The maximum absolute atomic E-state index is 13.1. The first kappa shape index (κ1) is 20.9. The van der Waals surface area contributed by atoms with E-state index in [1.165, 1.54) is 0 Å². The van der Waals surface area contributed by atoms with Crippen LogP contribution in [-0.4, -0.2) is 19.7 Å². The van der Waals surface area contributed by atoms with Crippen molar-refractivity contribution in [1.82, 2.24) is 0 Å². The molecule has 0 aliphatic carbocycles. The van der Waals surface area contributed by atoms with Crippen molar-refractivity contribution in [2.45, 2.75) is 19.3 Å². The van der Waals surface area contributed by atoms with Crippen LogP contribution in [0.25, 0.3) is 6.08 Å². The molecule has 0 saturated heterocycles. The summed E-state index contributed by atoms with van der Waals surface area (Å²) < 4.78 is 22.6. The van der Waals surface area contributed by atoms with Gasteiger partial charge in [-0.15, -0.1) is 0 Å². The summed E-state index contributed by atoms with van der Waals surface area (Å²) in [5.74, 6) is 3.51. The summed E-state index contributed by atoms with van der Waals surface area (Å²) in [7, 11) is 1.65. The Kier molecular flexibility index (Phi) is 5.61. The highest BCUT2D eigenvalue weighted by atomic mass is 16.7. The maximum atomic E-state index is 13.1. The predicted octanol–water partition coefficient (Wildman–Crippen LogP) is 6.16. The van der Waals surface area contributed by atoms with Crippen molar-refractivity contribution in [3.05, 3.63) is 101 Å². The number of fused-ring (bicyclic) bond motifs is 2. The third-order valence-electron chi connectivity index (χ3n) is 5.97. The zero-order valence-corrected chi connectivity index (χ0v) is 18.5. The summed E-state index contributed by atoms with van der Waals surface area (Å²) in [6, 6.07) is 21.0. The number of ether oxygens (including phenoxy) is 4. The average Bonchev–Trinajstić information content (AvgIpc) is 3.33. The van der Waals surface area contributed by atoms with Gasteiger partial charge in [-0.25, -0.2) is 0 Å². The maximum Gasteiger partial charge on any atom is 0.231 e. The van der Waals surface area contributed by atoms with E-state index in [9.17, 15) is 4.79 Å². The first-order valence-corrected chi connectivity index (χ1v) is 10.9. The van der Waals surface area contributed by atoms with E-state index < -0.39 is 0 Å². The van der Waals surface area contributed by atoms with Crippen LogP contribution in [-0.2, 0) is 0 Å². The van der Waals surface area contributed by atoms with Gasteiger partial charge in [-0.3, -0.25) is 4.79 Å². The zero-order chi connectivity index (χ0) is 22.8. The molecular weight excluding hydrogens is 416 g/mol. The Bertz CT molecular complexity index is 1240. The fourth-order valence-electron chi connectivity index (χ4n) is 4.08. The monoisotopic (exact) mass is 440 g/mol. The second-order valence-electron chi connectivity index (χ2n) is 8.03. The molecule has 5 rings (SSSR count). The minimum atomic E-state index is -0.0346. The van der Waals surface area contributed by atoms with E-state index in [0.717, 1.165) is 16.9 Å². The molecule has 0 unspecified atom stereocenters. The molecule has 0 saturated carbocycles. The van der Waals surface area contributed by atoms with E-state index in [1.807, 2.05) is 73.7 Å². The summed E-state index contributed by atoms with van der Waals surface area (Å²) >= 11 is 0. The van der Waals surface area contributed by atoms with Crippen LogP contribution >= 0.6 is 0 Å². The van der Waals surface area contributed by atoms with E-state index in [1.54, 1.807) is 7.11 Å². The van der Waals surface area contributed by atoms with Gasteiger partial charge < -0.3 is 18.9 Å². The van der Waals surface area contributed by atoms with Gasteiger partial charge in [0.1, 0.15) is 17.3 Å². The number of carbonyl (C=O) groups excluding carboxylic acids is 1. The minimum Gasteiger partial charge on any atom is -0.497 e. The Morgan fingerprint density at radius 2 is 1.70 bits per heavy atom. The van der Waals surface area contributed by atoms with Gasteiger partial charge in [0.05, 0.1) is 7.11 Å². The average molecular weight is 440 g/mol. The fourth-order valence-corrected chi connectivity index (χ4v) is 4.08. The molecule has 0 radical (unpaired) electrons. The van der Waals surface area contributed by atoms with Gasteiger partial charge in [0.2, 0.25) is 6.79 Å². The molecule has 3 aromatic rings. The van der Waals surface area contributed by atoms with Crippen molar-refractivity contribution in [1.29, 1.82) is 0 Å². The van der Waals surface area contributed by atoms with Gasteiger partial charge in [-0.05, 0) is 30.7 Å². The summed E-state index contributed by atoms with van der Waals surface area (Å²) in [4.78, 5) is 13.1. The van der Waals surface area contributed by atoms with Crippen LogP contribution in [0.2, 0.25) is 0 Å². The Morgan fingerprint density at radius 1 is 0.970 bits per heavy atom. The Hall–Kier alpha value is -3.99. The molecule has 0 aromatic heterocycles. The molecule has 0 spiro atoms. The molecule has 0 N–H and O–H groups in total. The Morgan fingerprint density at radius 3 is 2.42 bits per heavy atom. The number of methoxy groups -OCH3 is 1. The highest BCUT2D eigenvalue weighted by Crippen LogP contribution is 2.47. The summed E-state index contributed by atoms with van der Waals surface area (Å²) in [5, 5.41) is 0. The standard InChI is InChI=1S/C28H24O5/c1-18(28(29)20-6-4-3-5-7-20)24-14-21(11-8-19-9-12-22(30-2)13-10-19)23-15-26-27(32-17-31-26)16-25(23)33-24/h3-13,15-16,21H,14,17H2,1-2H3/b11-8+,24-18-/t21-/m1/s1. The van der Waals surface area contributed by atoms with Crippen LogP contribution in [0.5, 0.6) is 23.0 Å². The van der Waals surface area contributed by atoms with Crippen molar-refractivity contribution in [3.8, 4) is 23.0 Å². The molecule has 2 aliphatic rings. The summed E-state index contributed by atoms with van der Waals surface area (Å²) in [6.07, 6.45) is 4.80. The van der Waals surface area contributed by atoms with E-state index in [-0.39, 0.29) is 18.5 Å². The van der Waals surface area contributed by atoms with Crippen molar-refractivity contribution < 1.29 is 23.7 Å². The number of carbonyl (C=O) groups is 1. The van der Waals surface area contributed by atoms with Gasteiger partial charge >= 0.3 is 0 Å². The highest BCUT2D eigenvalue weighted by Gasteiger charge is 2.29. The number of benzene rings is 3. The minimum absolute atomic E-state index is 0.0128. The molecule has 5 heteroatoms. The van der Waals surface area contributed by atoms with Crippen molar-refractivity contribution in [2.24, 2.45) is 0 Å². The van der Waals surface area contributed by atoms with E-state index in [2.05, 4.69) is 12.2 Å². The van der Waals surface area contributed by atoms with Crippen molar-refractivity contribution in [3.63, 3.8) is 0 Å². The van der Waals surface area contributed by atoms with Gasteiger partial charge in [0, 0.05) is 35.1 Å². The molecule has 0 amide bonds. The molecule has 0 bridgehead atoms. The van der Waals surface area contributed by atoms with Crippen LogP contribution in [0.15, 0.2) is 84.1 Å². The van der Waals surface area contributed by atoms with Crippen LogP contribution in [0.1, 0.15) is 40.7 Å². The quantitative estimate of drug-likeness (QED) is 0.351. The van der Waals surface area contributed by atoms with Gasteiger partial charge in [0.15, 0.2) is 17.3 Å². The molecule has 3 aromatic carbocycles. The molecular formula is C28H24O5. The highest BCUT2D eigenvalue weighted by molar-refractivity contribution is 6.08. The molecule has 1 atom stereocenters. The van der Waals surface area contributed by atoms with Gasteiger partial charge in [-0.2, -0.15) is 0 Å². The Labute approximate surface area is 192 Å². The normalized spacial score (nSPS) is 17.9. The largest absolute Gasteiger partial charge is 0.497 e. The summed E-state index contributed by atoms with van der Waals surface area (Å²) in [5.41, 5.74) is 3.32. The molecule has 5 nitrogen and oxygen atoms in total. The lowest BCUT2D eigenvalue weighted by Crippen LogP contribution is -2.16. The van der Waals surface area contributed by atoms with E-state index in [4.69, 9.17) is 18.9 Å². The van der Waals surface area contributed by atoms with E-state index in [0.29, 0.717) is 40.6 Å². The number of rotatable bonds is 5. The number of ketones is 1. The lowest BCUT2D eigenvalue weighted by Gasteiger charge is -2.27. The number of hydrogen-bond acceptors (Lipinski definition) is 5. The number of allylic oxidation sites excluding steroid dienone is 3. The van der Waals surface area contributed by atoms with Crippen LogP contribution in [0.4, 0.5) is 0 Å². The van der Waals surface area contributed by atoms with Gasteiger partial charge in [0.25, 0.3) is 0 Å². The first-order valence-electron chi connectivity index (χ1n) is 10.9. The third-order valence-corrected chi connectivity index (χ3v) is 5.97. The third kappa shape index (κ3) is 4.22. The van der Waals surface area contributed by atoms with Crippen LogP contribution in [0, 0.1) is 0 Å².